The molecule has 0 unspecified atom stereocenters. The maximum atomic E-state index is 13.5. The first-order chi connectivity index (χ1) is 17.2. The van der Waals surface area contributed by atoms with Crippen molar-refractivity contribution in [1.82, 2.24) is 4.90 Å². The second-order valence-corrected chi connectivity index (χ2v) is 8.91. The van der Waals surface area contributed by atoms with Gasteiger partial charge in [0.25, 0.3) is 23.4 Å². The van der Waals surface area contributed by atoms with Crippen molar-refractivity contribution in [2.24, 2.45) is 0 Å². The van der Waals surface area contributed by atoms with Gasteiger partial charge in [-0.2, -0.15) is 0 Å². The van der Waals surface area contributed by atoms with Gasteiger partial charge in [-0.05, 0) is 55.3 Å². The Morgan fingerprint density at radius 2 is 1.61 bits per heavy atom. The quantitative estimate of drug-likeness (QED) is 0.208. The highest BCUT2D eigenvalue weighted by Gasteiger charge is 2.57. The van der Waals surface area contributed by atoms with Gasteiger partial charge in [0.15, 0.2) is 0 Å². The Hall–Kier alpha value is -4.24. The molecule has 2 atom stereocenters. The molecule has 0 radical (unpaired) electrons. The minimum Gasteiger partial charge on any atom is -0.494 e. The van der Waals surface area contributed by atoms with E-state index in [1.165, 1.54) is 17.0 Å². The number of rotatable bonds is 6. The number of fused-ring (bicyclic) bond motifs is 1. The molecule has 3 aromatic rings. The van der Waals surface area contributed by atoms with Gasteiger partial charge in [-0.3, -0.25) is 29.4 Å². The van der Waals surface area contributed by atoms with E-state index < -0.39 is 34.7 Å². The number of hydrogen-bond donors (Lipinski definition) is 0. The highest BCUT2D eigenvalue weighted by Crippen LogP contribution is 2.45. The minimum absolute atomic E-state index is 0.0284. The average Bonchev–Trinajstić information content (AvgIpc) is 3.10. The lowest BCUT2D eigenvalue weighted by Crippen LogP contribution is -2.67. The zero-order valence-electron chi connectivity index (χ0n) is 19.3. The largest absolute Gasteiger partial charge is 0.494 e. The minimum atomic E-state index is -1.13. The third-order valence-corrected chi connectivity index (χ3v) is 6.83. The molecule has 10 heteroatoms. The number of carbonyl (C=O) groups is 3. The van der Waals surface area contributed by atoms with Crippen LogP contribution in [-0.4, -0.2) is 40.2 Å². The van der Waals surface area contributed by atoms with Crippen LogP contribution in [-0.2, 0) is 4.79 Å². The van der Waals surface area contributed by atoms with Crippen LogP contribution < -0.4 is 9.64 Å². The average molecular weight is 506 g/mol. The summed E-state index contributed by atoms with van der Waals surface area (Å²) in [6.07, 6.45) is 0. The summed E-state index contributed by atoms with van der Waals surface area (Å²) in [5.74, 6) is -1.23. The van der Waals surface area contributed by atoms with Crippen LogP contribution in [0, 0.1) is 17.0 Å². The number of amides is 3. The molecule has 9 nitrogen and oxygen atoms in total. The van der Waals surface area contributed by atoms with E-state index in [2.05, 4.69) is 0 Å². The van der Waals surface area contributed by atoms with Crippen LogP contribution in [0.15, 0.2) is 60.7 Å². The molecule has 36 heavy (non-hydrogen) atoms. The van der Waals surface area contributed by atoms with Gasteiger partial charge < -0.3 is 9.64 Å². The lowest BCUT2D eigenvalue weighted by molar-refractivity contribution is -0.384. The van der Waals surface area contributed by atoms with Crippen molar-refractivity contribution in [2.45, 2.75) is 25.9 Å². The van der Waals surface area contributed by atoms with Gasteiger partial charge in [0.2, 0.25) is 0 Å². The Bertz CT molecular complexity index is 1440. The fourth-order valence-corrected chi connectivity index (χ4v) is 4.79. The van der Waals surface area contributed by atoms with Gasteiger partial charge in [0.1, 0.15) is 11.8 Å². The Morgan fingerprint density at radius 1 is 0.917 bits per heavy atom. The number of carbonyl (C=O) groups excluding carboxylic acids is 3. The first-order valence-corrected chi connectivity index (χ1v) is 11.6. The zero-order chi connectivity index (χ0) is 25.7. The van der Waals surface area contributed by atoms with E-state index >= 15 is 0 Å². The van der Waals surface area contributed by atoms with E-state index in [-0.39, 0.29) is 16.8 Å². The number of ether oxygens (including phenoxy) is 1. The summed E-state index contributed by atoms with van der Waals surface area (Å²) in [5, 5.41) is 11.7. The Balaban J connectivity index is 1.57. The van der Waals surface area contributed by atoms with Crippen LogP contribution in [0.25, 0.3) is 0 Å². The summed E-state index contributed by atoms with van der Waals surface area (Å²) in [4.78, 5) is 53.0. The number of nitro benzene ring substituents is 1. The maximum Gasteiger partial charge on any atom is 0.270 e. The molecule has 182 valence electrons. The van der Waals surface area contributed by atoms with Crippen molar-refractivity contribution >= 4 is 40.7 Å². The predicted octanol–water partition coefficient (Wildman–Crippen LogP) is 4.71. The van der Waals surface area contributed by atoms with Gasteiger partial charge in [0, 0.05) is 22.8 Å². The van der Waals surface area contributed by atoms with Crippen molar-refractivity contribution in [1.29, 1.82) is 0 Å². The van der Waals surface area contributed by atoms with E-state index in [9.17, 15) is 24.5 Å². The number of imide groups is 1. The number of nitro groups is 1. The SMILES string of the molecule is CCOc1ccc([C@H]2[C@H](N3C(=O)c4ccc([N+](=O)[O-])cc4C3=O)C(=O)N2c2ccc(C)c(Cl)c2)cc1. The molecule has 3 amide bonds. The molecular formula is C26H20ClN3O6. The number of nitrogens with zero attached hydrogens (tertiary/aromatic N) is 3. The third kappa shape index (κ3) is 3.59. The smallest absolute Gasteiger partial charge is 0.270 e. The normalized spacial score (nSPS) is 18.8. The summed E-state index contributed by atoms with van der Waals surface area (Å²) >= 11 is 6.32. The molecule has 0 saturated carbocycles. The molecule has 0 aromatic heterocycles. The molecule has 1 fully saturated rings. The Kier molecular flexibility index (Phi) is 5.72. The van der Waals surface area contributed by atoms with E-state index in [0.29, 0.717) is 28.6 Å². The Morgan fingerprint density at radius 3 is 2.25 bits per heavy atom. The van der Waals surface area contributed by atoms with Crippen molar-refractivity contribution in [3.8, 4) is 5.75 Å². The van der Waals surface area contributed by atoms with E-state index in [1.54, 1.807) is 42.5 Å². The predicted molar refractivity (Wildman–Crippen MR) is 131 cm³/mol. The first-order valence-electron chi connectivity index (χ1n) is 11.2. The number of non-ortho nitro benzene ring substituents is 1. The summed E-state index contributed by atoms with van der Waals surface area (Å²) < 4.78 is 5.52. The number of aryl methyl sites for hydroxylation is 1. The molecule has 2 heterocycles. The van der Waals surface area contributed by atoms with Gasteiger partial charge in [0.05, 0.1) is 28.7 Å². The number of benzene rings is 3. The second kappa shape index (κ2) is 8.76. The van der Waals surface area contributed by atoms with Crippen molar-refractivity contribution in [2.75, 3.05) is 11.5 Å². The lowest BCUT2D eigenvalue weighted by atomic mass is 9.86. The van der Waals surface area contributed by atoms with Gasteiger partial charge in [-0.25, -0.2) is 0 Å². The second-order valence-electron chi connectivity index (χ2n) is 8.50. The zero-order valence-corrected chi connectivity index (χ0v) is 20.1. The molecule has 0 spiro atoms. The standard InChI is InChI=1S/C26H20ClN3O6/c1-3-36-18-9-5-15(6-10-18)22-23(26(33)28(22)16-7-4-14(2)21(27)13-16)29-24(31)19-11-8-17(30(34)35)12-20(19)25(29)32/h4-13,22-23H,3H2,1-2H3/t22-,23-/m0/s1. The van der Waals surface area contributed by atoms with Crippen molar-refractivity contribution in [3.63, 3.8) is 0 Å². The van der Waals surface area contributed by atoms with Gasteiger partial charge >= 0.3 is 0 Å². The highest BCUT2D eigenvalue weighted by atomic mass is 35.5. The lowest BCUT2D eigenvalue weighted by Gasteiger charge is -2.49. The summed E-state index contributed by atoms with van der Waals surface area (Å²) in [6, 6.07) is 13.9. The monoisotopic (exact) mass is 505 g/mol. The fourth-order valence-electron chi connectivity index (χ4n) is 4.62. The Labute approximate surface area is 211 Å². The van der Waals surface area contributed by atoms with Gasteiger partial charge in [-0.15, -0.1) is 0 Å². The van der Waals surface area contributed by atoms with Crippen LogP contribution in [0.4, 0.5) is 11.4 Å². The molecule has 2 aliphatic heterocycles. The molecule has 0 N–H and O–H groups in total. The van der Waals surface area contributed by atoms with Crippen LogP contribution in [0.3, 0.4) is 0 Å². The highest BCUT2D eigenvalue weighted by molar-refractivity contribution is 6.32. The van der Waals surface area contributed by atoms with Crippen LogP contribution in [0.5, 0.6) is 5.75 Å². The summed E-state index contributed by atoms with van der Waals surface area (Å²) in [6.45, 7) is 4.19. The van der Waals surface area contributed by atoms with Crippen LogP contribution in [0.2, 0.25) is 5.02 Å². The molecule has 0 aliphatic carbocycles. The van der Waals surface area contributed by atoms with Crippen molar-refractivity contribution in [3.05, 3.63) is 98.1 Å². The first kappa shape index (κ1) is 23.5. The number of hydrogen-bond acceptors (Lipinski definition) is 6. The maximum absolute atomic E-state index is 13.5. The van der Waals surface area contributed by atoms with Crippen LogP contribution >= 0.6 is 11.6 Å². The van der Waals surface area contributed by atoms with E-state index in [1.807, 2.05) is 13.8 Å². The number of anilines is 1. The van der Waals surface area contributed by atoms with Gasteiger partial charge in [-0.1, -0.05) is 29.8 Å². The molecular weight excluding hydrogens is 486 g/mol. The third-order valence-electron chi connectivity index (χ3n) is 6.42. The molecule has 2 aliphatic rings. The molecule has 0 bridgehead atoms. The summed E-state index contributed by atoms with van der Waals surface area (Å²) in [7, 11) is 0. The van der Waals surface area contributed by atoms with E-state index in [0.717, 1.165) is 16.5 Å². The van der Waals surface area contributed by atoms with E-state index in [4.69, 9.17) is 16.3 Å². The van der Waals surface area contributed by atoms with Crippen LogP contribution in [0.1, 0.15) is 44.8 Å². The fraction of sp³-hybridized carbons (Fsp3) is 0.192. The molecule has 3 aromatic carbocycles. The number of β-lactam (4-membered cyclic amide) rings is 1. The summed E-state index contributed by atoms with van der Waals surface area (Å²) in [5.41, 5.74) is 1.67. The van der Waals surface area contributed by atoms with Crippen molar-refractivity contribution < 1.29 is 24.0 Å². The molecule has 5 rings (SSSR count). The topological polar surface area (TPSA) is 110 Å². The number of halogens is 1. The molecule has 1 saturated heterocycles.